The highest BCUT2D eigenvalue weighted by Crippen LogP contribution is 2.27. The SMILES string of the molecule is O=C(NCc1ccc(S(=O)(=O)c2cccc(N3CCCC3)c2)cc1)c1cc2cc(O)ccc2[nH]1. The summed E-state index contributed by atoms with van der Waals surface area (Å²) in [7, 11) is -3.64. The van der Waals surface area contributed by atoms with Gasteiger partial charge in [-0.1, -0.05) is 18.2 Å². The van der Waals surface area contributed by atoms with E-state index in [0.717, 1.165) is 48.1 Å². The number of hydrogen-bond acceptors (Lipinski definition) is 5. The number of hydrogen-bond donors (Lipinski definition) is 3. The molecule has 1 amide bonds. The lowest BCUT2D eigenvalue weighted by Crippen LogP contribution is -2.23. The maximum atomic E-state index is 13.2. The molecule has 3 N–H and O–H groups in total. The first-order valence-corrected chi connectivity index (χ1v) is 12.7. The van der Waals surface area contributed by atoms with Gasteiger partial charge in [0.15, 0.2) is 0 Å². The van der Waals surface area contributed by atoms with Crippen LogP contribution in [0.15, 0.2) is 82.6 Å². The predicted molar refractivity (Wildman–Crippen MR) is 131 cm³/mol. The first-order chi connectivity index (χ1) is 16.4. The van der Waals surface area contributed by atoms with Crippen molar-refractivity contribution in [3.05, 3.63) is 84.1 Å². The van der Waals surface area contributed by atoms with E-state index in [0.29, 0.717) is 5.69 Å². The highest BCUT2D eigenvalue weighted by Gasteiger charge is 2.20. The van der Waals surface area contributed by atoms with Gasteiger partial charge >= 0.3 is 0 Å². The fourth-order valence-corrected chi connectivity index (χ4v) is 5.57. The minimum absolute atomic E-state index is 0.135. The number of phenolic OH excluding ortho intramolecular Hbond substituents is 1. The van der Waals surface area contributed by atoms with Gasteiger partial charge in [0, 0.05) is 36.2 Å². The fraction of sp³-hybridized carbons (Fsp3) is 0.192. The monoisotopic (exact) mass is 475 g/mol. The molecule has 0 unspecified atom stereocenters. The number of phenols is 1. The van der Waals surface area contributed by atoms with Crippen LogP contribution in [-0.2, 0) is 16.4 Å². The summed E-state index contributed by atoms with van der Waals surface area (Å²) in [5, 5.41) is 13.2. The molecule has 1 fully saturated rings. The van der Waals surface area contributed by atoms with E-state index in [2.05, 4.69) is 15.2 Å². The van der Waals surface area contributed by atoms with Gasteiger partial charge in [-0.25, -0.2) is 8.42 Å². The Morgan fingerprint density at radius 3 is 2.47 bits per heavy atom. The number of fused-ring (bicyclic) bond motifs is 1. The van der Waals surface area contributed by atoms with Gasteiger partial charge in [-0.05, 0) is 73.0 Å². The molecule has 3 aromatic carbocycles. The van der Waals surface area contributed by atoms with Crippen LogP contribution >= 0.6 is 0 Å². The molecule has 1 aromatic heterocycles. The van der Waals surface area contributed by atoms with E-state index in [1.807, 2.05) is 6.07 Å². The average Bonchev–Trinajstić information content (AvgIpc) is 3.53. The van der Waals surface area contributed by atoms with Crippen LogP contribution in [0.4, 0.5) is 5.69 Å². The molecular weight excluding hydrogens is 450 g/mol. The molecule has 0 atom stereocenters. The number of carbonyl (C=O) groups is 1. The summed E-state index contributed by atoms with van der Waals surface area (Å²) in [6.45, 7) is 2.15. The van der Waals surface area contributed by atoms with E-state index in [-0.39, 0.29) is 28.0 Å². The Morgan fingerprint density at radius 1 is 0.941 bits per heavy atom. The first kappa shape index (κ1) is 22.0. The van der Waals surface area contributed by atoms with Crippen molar-refractivity contribution in [3.8, 4) is 5.75 Å². The number of anilines is 1. The van der Waals surface area contributed by atoms with Gasteiger partial charge in [-0.3, -0.25) is 4.79 Å². The summed E-state index contributed by atoms with van der Waals surface area (Å²) in [6, 6.07) is 20.2. The smallest absolute Gasteiger partial charge is 0.267 e. The maximum Gasteiger partial charge on any atom is 0.267 e. The topological polar surface area (TPSA) is 102 Å². The van der Waals surface area contributed by atoms with Crippen molar-refractivity contribution in [1.29, 1.82) is 0 Å². The molecule has 1 saturated heterocycles. The number of rotatable bonds is 6. The first-order valence-electron chi connectivity index (χ1n) is 11.2. The minimum atomic E-state index is -3.64. The number of aromatic amines is 1. The fourth-order valence-electron chi connectivity index (χ4n) is 4.27. The average molecular weight is 476 g/mol. The number of amides is 1. The molecule has 1 aliphatic rings. The molecule has 0 aliphatic carbocycles. The summed E-state index contributed by atoms with van der Waals surface area (Å²) < 4.78 is 26.3. The van der Waals surface area contributed by atoms with E-state index in [1.165, 1.54) is 0 Å². The Balaban J connectivity index is 1.27. The van der Waals surface area contributed by atoms with Crippen LogP contribution in [0.3, 0.4) is 0 Å². The number of H-pyrrole nitrogens is 1. The number of nitrogens with one attached hydrogen (secondary N) is 2. The standard InChI is InChI=1S/C26H25N3O4S/c30-21-8-11-24-19(14-21)15-25(28-24)26(31)27-17-18-6-9-22(10-7-18)34(32,33)23-5-3-4-20(16-23)29-12-1-2-13-29/h3-11,14-16,28,30H,1-2,12-13,17H2,(H,27,31). The van der Waals surface area contributed by atoms with Crippen molar-refractivity contribution in [2.24, 2.45) is 0 Å². The Bertz CT molecular complexity index is 1450. The highest BCUT2D eigenvalue weighted by molar-refractivity contribution is 7.91. The second-order valence-electron chi connectivity index (χ2n) is 8.48. The molecule has 0 saturated carbocycles. The molecule has 5 rings (SSSR count). The van der Waals surface area contributed by atoms with E-state index < -0.39 is 9.84 Å². The summed E-state index contributed by atoms with van der Waals surface area (Å²) >= 11 is 0. The number of carbonyl (C=O) groups excluding carboxylic acids is 1. The molecule has 0 spiro atoms. The maximum absolute atomic E-state index is 13.2. The molecule has 7 nitrogen and oxygen atoms in total. The lowest BCUT2D eigenvalue weighted by Gasteiger charge is -2.18. The Morgan fingerprint density at radius 2 is 1.71 bits per heavy atom. The molecule has 8 heteroatoms. The van der Waals surface area contributed by atoms with E-state index in [1.54, 1.807) is 66.7 Å². The zero-order chi connectivity index (χ0) is 23.7. The van der Waals surface area contributed by atoms with Crippen LogP contribution in [0.2, 0.25) is 0 Å². The zero-order valence-corrected chi connectivity index (χ0v) is 19.3. The van der Waals surface area contributed by atoms with E-state index in [4.69, 9.17) is 0 Å². The Kier molecular flexibility index (Phi) is 5.75. The minimum Gasteiger partial charge on any atom is -0.508 e. The van der Waals surface area contributed by atoms with Crippen molar-refractivity contribution >= 4 is 32.3 Å². The number of nitrogens with zero attached hydrogens (tertiary/aromatic N) is 1. The zero-order valence-electron chi connectivity index (χ0n) is 18.5. The molecule has 4 aromatic rings. The predicted octanol–water partition coefficient (Wildman–Crippen LogP) is 4.24. The number of aromatic nitrogens is 1. The number of sulfone groups is 1. The van der Waals surface area contributed by atoms with Crippen molar-refractivity contribution in [2.45, 2.75) is 29.2 Å². The molecule has 0 bridgehead atoms. The van der Waals surface area contributed by atoms with Crippen molar-refractivity contribution in [3.63, 3.8) is 0 Å². The van der Waals surface area contributed by atoms with Crippen LogP contribution in [0.1, 0.15) is 28.9 Å². The third kappa shape index (κ3) is 4.36. The second kappa shape index (κ2) is 8.87. The van der Waals surface area contributed by atoms with Crippen LogP contribution in [-0.4, -0.2) is 37.5 Å². The largest absolute Gasteiger partial charge is 0.508 e. The molecule has 174 valence electrons. The summed E-state index contributed by atoms with van der Waals surface area (Å²) in [4.78, 5) is 18.3. The molecule has 2 heterocycles. The van der Waals surface area contributed by atoms with Crippen LogP contribution in [0.25, 0.3) is 10.9 Å². The Labute approximate surface area is 198 Å². The molecular formula is C26H25N3O4S. The highest BCUT2D eigenvalue weighted by atomic mass is 32.2. The van der Waals surface area contributed by atoms with Gasteiger partial charge in [-0.15, -0.1) is 0 Å². The molecule has 1 aliphatic heterocycles. The summed E-state index contributed by atoms with van der Waals surface area (Å²) in [5.41, 5.74) is 2.86. The van der Waals surface area contributed by atoms with Crippen molar-refractivity contribution in [2.75, 3.05) is 18.0 Å². The van der Waals surface area contributed by atoms with Gasteiger partial charge in [-0.2, -0.15) is 0 Å². The molecule has 34 heavy (non-hydrogen) atoms. The summed E-state index contributed by atoms with van der Waals surface area (Å²) in [5.74, 6) is -0.151. The number of benzene rings is 3. The lowest BCUT2D eigenvalue weighted by atomic mass is 10.2. The van der Waals surface area contributed by atoms with Gasteiger partial charge in [0.25, 0.3) is 5.91 Å². The van der Waals surface area contributed by atoms with E-state index >= 15 is 0 Å². The Hall–Kier alpha value is -3.78. The van der Waals surface area contributed by atoms with Gasteiger partial charge in [0.1, 0.15) is 11.4 Å². The van der Waals surface area contributed by atoms with Crippen molar-refractivity contribution in [1.82, 2.24) is 10.3 Å². The lowest BCUT2D eigenvalue weighted by molar-refractivity contribution is 0.0946. The van der Waals surface area contributed by atoms with Crippen LogP contribution in [0.5, 0.6) is 5.75 Å². The van der Waals surface area contributed by atoms with E-state index in [9.17, 15) is 18.3 Å². The van der Waals surface area contributed by atoms with Gasteiger partial charge in [0.05, 0.1) is 9.79 Å². The van der Waals surface area contributed by atoms with Gasteiger partial charge in [0.2, 0.25) is 9.84 Å². The quantitative estimate of drug-likeness (QED) is 0.387. The number of aromatic hydroxyl groups is 1. The van der Waals surface area contributed by atoms with Crippen molar-refractivity contribution < 1.29 is 18.3 Å². The second-order valence-corrected chi connectivity index (χ2v) is 10.4. The molecule has 0 radical (unpaired) electrons. The van der Waals surface area contributed by atoms with Crippen LogP contribution in [0, 0.1) is 0 Å². The normalized spacial score (nSPS) is 13.9. The van der Waals surface area contributed by atoms with Gasteiger partial charge < -0.3 is 20.3 Å². The third-order valence-corrected chi connectivity index (χ3v) is 7.90. The summed E-state index contributed by atoms with van der Waals surface area (Å²) in [6.07, 6.45) is 2.25. The van der Waals surface area contributed by atoms with Crippen LogP contribution < -0.4 is 10.2 Å². The third-order valence-electron chi connectivity index (χ3n) is 6.13.